The molecule has 0 aliphatic rings. The van der Waals surface area contributed by atoms with Crippen LogP contribution in [0.3, 0.4) is 0 Å². The number of nitrogens with zero attached hydrogens (tertiary/aromatic N) is 1. The summed E-state index contributed by atoms with van der Waals surface area (Å²) in [5.41, 5.74) is 1.18. The number of nitrogens with one attached hydrogen (secondary N) is 1. The Morgan fingerprint density at radius 1 is 1.32 bits per heavy atom. The number of rotatable bonds is 5. The molecule has 0 bridgehead atoms. The van der Waals surface area contributed by atoms with E-state index >= 15 is 0 Å². The van der Waals surface area contributed by atoms with Crippen LogP contribution in [-0.4, -0.2) is 42.2 Å². The average Bonchev–Trinajstić information content (AvgIpc) is 3.21. The van der Waals surface area contributed by atoms with E-state index in [1.54, 1.807) is 27.6 Å². The molecule has 0 spiro atoms. The van der Waals surface area contributed by atoms with E-state index in [0.29, 0.717) is 6.54 Å². The first-order valence-electron chi connectivity index (χ1n) is 6.93. The lowest BCUT2D eigenvalue weighted by atomic mass is 10.2. The van der Waals surface area contributed by atoms with E-state index in [2.05, 4.69) is 10.7 Å². The summed E-state index contributed by atoms with van der Waals surface area (Å²) in [7, 11) is 3.67. The van der Waals surface area contributed by atoms with Gasteiger partial charge in [-0.25, -0.2) is 4.79 Å². The molecule has 2 N–H and O–H groups in total. The molecule has 0 saturated carbocycles. The molecular weight excluding hydrogens is 377 g/mol. The van der Waals surface area contributed by atoms with Gasteiger partial charge in [-0.05, 0) is 40.9 Å². The Labute approximate surface area is 150 Å². The lowest BCUT2D eigenvalue weighted by Gasteiger charge is -2.22. The molecule has 2 rings (SSSR count). The van der Waals surface area contributed by atoms with Crippen molar-refractivity contribution >= 4 is 34.6 Å². The molecule has 1 amide bonds. The van der Waals surface area contributed by atoms with Crippen molar-refractivity contribution in [2.45, 2.75) is 18.8 Å². The Kier molecular flexibility index (Phi) is 8.07. The zero-order valence-corrected chi connectivity index (χ0v) is 15.0. The van der Waals surface area contributed by atoms with Crippen LogP contribution in [0.1, 0.15) is 16.5 Å². The van der Waals surface area contributed by atoms with E-state index in [4.69, 9.17) is 9.90 Å². The molecular formula is C15H17F3N2O3S2. The van der Waals surface area contributed by atoms with Crippen LogP contribution in [0.4, 0.5) is 13.2 Å². The van der Waals surface area contributed by atoms with Gasteiger partial charge in [0.05, 0.1) is 0 Å². The maximum Gasteiger partial charge on any atom is 0.490 e. The first-order valence-corrected chi connectivity index (χ1v) is 8.76. The van der Waals surface area contributed by atoms with E-state index < -0.39 is 12.1 Å². The third-order valence-electron chi connectivity index (χ3n) is 2.98. The Morgan fingerprint density at radius 2 is 1.96 bits per heavy atom. The van der Waals surface area contributed by atoms with Crippen molar-refractivity contribution < 1.29 is 27.9 Å². The fourth-order valence-electron chi connectivity index (χ4n) is 1.80. The smallest absolute Gasteiger partial charge is 0.475 e. The average molecular weight is 394 g/mol. The highest BCUT2D eigenvalue weighted by atomic mass is 32.1. The summed E-state index contributed by atoms with van der Waals surface area (Å²) in [5, 5.41) is 16.3. The summed E-state index contributed by atoms with van der Waals surface area (Å²) in [6.45, 7) is 0.659. The summed E-state index contributed by atoms with van der Waals surface area (Å²) in [4.78, 5) is 24.1. The summed E-state index contributed by atoms with van der Waals surface area (Å²) < 4.78 is 31.7. The number of likely N-dealkylation sites (N-methyl/N-ethyl adjacent to an activating group) is 2. The van der Waals surface area contributed by atoms with Gasteiger partial charge in [-0.1, -0.05) is 6.07 Å². The fraction of sp³-hybridized carbons (Fsp3) is 0.333. The third-order valence-corrected chi connectivity index (χ3v) is 4.65. The number of halogens is 3. The largest absolute Gasteiger partial charge is 0.490 e. The van der Waals surface area contributed by atoms with Crippen molar-refractivity contribution in [2.75, 3.05) is 14.1 Å². The van der Waals surface area contributed by atoms with Crippen molar-refractivity contribution in [2.24, 2.45) is 0 Å². The van der Waals surface area contributed by atoms with Gasteiger partial charge in [-0.3, -0.25) is 4.79 Å². The van der Waals surface area contributed by atoms with Gasteiger partial charge in [0.2, 0.25) is 5.91 Å². The zero-order valence-electron chi connectivity index (χ0n) is 13.4. The van der Waals surface area contributed by atoms with Crippen LogP contribution < -0.4 is 5.32 Å². The number of hydrogen-bond acceptors (Lipinski definition) is 5. The van der Waals surface area contributed by atoms with Crippen LogP contribution in [-0.2, 0) is 16.1 Å². The minimum absolute atomic E-state index is 0.103. The van der Waals surface area contributed by atoms with Gasteiger partial charge in [0, 0.05) is 18.5 Å². The van der Waals surface area contributed by atoms with Crippen LogP contribution >= 0.6 is 22.7 Å². The second-order valence-corrected chi connectivity index (χ2v) is 6.63. The number of thiophene rings is 2. The SMILES string of the molecule is CNC(C(=O)N(C)Cc1ccsc1)c1cccs1.O=C(O)C(F)(F)F. The normalized spacial score (nSPS) is 12.0. The first-order chi connectivity index (χ1) is 11.7. The predicted molar refractivity (Wildman–Crippen MR) is 90.6 cm³/mol. The zero-order chi connectivity index (χ0) is 19.0. The van der Waals surface area contributed by atoms with Crippen molar-refractivity contribution in [3.63, 3.8) is 0 Å². The van der Waals surface area contributed by atoms with Crippen LogP contribution in [0, 0.1) is 0 Å². The maximum absolute atomic E-state index is 12.4. The monoisotopic (exact) mass is 394 g/mol. The summed E-state index contributed by atoms with van der Waals surface area (Å²) >= 11 is 3.26. The Morgan fingerprint density at radius 3 is 2.36 bits per heavy atom. The van der Waals surface area contributed by atoms with Gasteiger partial charge in [0.15, 0.2) is 0 Å². The number of amides is 1. The van der Waals surface area contributed by atoms with Crippen molar-refractivity contribution in [3.8, 4) is 0 Å². The Bertz CT molecular complexity index is 658. The van der Waals surface area contributed by atoms with Crippen molar-refractivity contribution in [3.05, 3.63) is 44.8 Å². The first kappa shape index (κ1) is 21.1. The van der Waals surface area contributed by atoms with E-state index in [9.17, 15) is 18.0 Å². The van der Waals surface area contributed by atoms with Gasteiger partial charge in [0.25, 0.3) is 0 Å². The standard InChI is InChI=1S/C13H16N2OS2.C2HF3O2/c1-14-12(11-4-3-6-18-11)13(16)15(2)8-10-5-7-17-9-10;3-2(4,5)1(6)7/h3-7,9,12,14H,8H2,1-2H3;(H,6,7). The molecule has 0 aromatic carbocycles. The highest BCUT2D eigenvalue weighted by Gasteiger charge is 2.38. The molecule has 138 valence electrons. The number of carboxylic acid groups (broad SMARTS) is 1. The van der Waals surface area contributed by atoms with E-state index in [0.717, 1.165) is 4.88 Å². The third kappa shape index (κ3) is 6.85. The van der Waals surface area contributed by atoms with Gasteiger partial charge < -0.3 is 15.3 Å². The van der Waals surface area contributed by atoms with Crippen molar-refractivity contribution in [1.29, 1.82) is 0 Å². The lowest BCUT2D eigenvalue weighted by Crippen LogP contribution is -2.36. The number of hydrogen-bond donors (Lipinski definition) is 2. The minimum Gasteiger partial charge on any atom is -0.475 e. The fourth-order valence-corrected chi connectivity index (χ4v) is 3.28. The lowest BCUT2D eigenvalue weighted by molar-refractivity contribution is -0.192. The van der Waals surface area contributed by atoms with Gasteiger partial charge in [-0.2, -0.15) is 24.5 Å². The second-order valence-electron chi connectivity index (χ2n) is 4.87. The topological polar surface area (TPSA) is 69.6 Å². The molecule has 0 radical (unpaired) electrons. The van der Waals surface area contributed by atoms with Crippen LogP contribution in [0.5, 0.6) is 0 Å². The van der Waals surface area contributed by atoms with Gasteiger partial charge in [-0.15, -0.1) is 11.3 Å². The molecule has 0 aliphatic heterocycles. The predicted octanol–water partition coefficient (Wildman–Crippen LogP) is 3.36. The number of carboxylic acids is 1. The van der Waals surface area contributed by atoms with Crippen molar-refractivity contribution in [1.82, 2.24) is 10.2 Å². The van der Waals surface area contributed by atoms with Gasteiger partial charge >= 0.3 is 12.1 Å². The molecule has 2 heterocycles. The quantitative estimate of drug-likeness (QED) is 0.816. The number of alkyl halides is 3. The molecule has 0 aliphatic carbocycles. The Balaban J connectivity index is 0.000000381. The second kappa shape index (κ2) is 9.54. The summed E-state index contributed by atoms with van der Waals surface area (Å²) in [5.74, 6) is -2.65. The summed E-state index contributed by atoms with van der Waals surface area (Å²) in [6, 6.07) is 5.76. The van der Waals surface area contributed by atoms with E-state index in [1.807, 2.05) is 43.1 Å². The molecule has 2 aromatic rings. The van der Waals surface area contributed by atoms with Crippen LogP contribution in [0.2, 0.25) is 0 Å². The molecule has 0 fully saturated rings. The minimum atomic E-state index is -5.08. The molecule has 1 atom stereocenters. The molecule has 25 heavy (non-hydrogen) atoms. The van der Waals surface area contributed by atoms with E-state index in [-0.39, 0.29) is 11.9 Å². The van der Waals surface area contributed by atoms with Gasteiger partial charge in [0.1, 0.15) is 6.04 Å². The van der Waals surface area contributed by atoms with Crippen LogP contribution in [0.15, 0.2) is 34.3 Å². The molecule has 0 saturated heterocycles. The highest BCUT2D eigenvalue weighted by Crippen LogP contribution is 2.21. The Hall–Kier alpha value is -1.91. The number of carbonyl (C=O) groups excluding carboxylic acids is 1. The number of carbonyl (C=O) groups is 2. The number of aliphatic carboxylic acids is 1. The molecule has 1 unspecified atom stereocenters. The van der Waals surface area contributed by atoms with E-state index in [1.165, 1.54) is 5.56 Å². The highest BCUT2D eigenvalue weighted by molar-refractivity contribution is 7.10. The molecule has 5 nitrogen and oxygen atoms in total. The van der Waals surface area contributed by atoms with Crippen LogP contribution in [0.25, 0.3) is 0 Å². The summed E-state index contributed by atoms with van der Waals surface area (Å²) in [6.07, 6.45) is -5.08. The molecule has 10 heteroatoms. The maximum atomic E-state index is 12.4. The molecule has 2 aromatic heterocycles.